The van der Waals surface area contributed by atoms with Gasteiger partial charge in [-0.2, -0.15) is 0 Å². The van der Waals surface area contributed by atoms with Crippen molar-refractivity contribution in [2.75, 3.05) is 0 Å². The lowest BCUT2D eigenvalue weighted by Crippen LogP contribution is -2.20. The van der Waals surface area contributed by atoms with Crippen molar-refractivity contribution in [1.82, 2.24) is 0 Å². The maximum atomic E-state index is 13.8. The average Bonchev–Trinajstić information content (AvgIpc) is 2.96. The average molecular weight is 250 g/mol. The molecule has 1 aromatic rings. The van der Waals surface area contributed by atoms with Crippen molar-refractivity contribution in [2.24, 2.45) is 0 Å². The van der Waals surface area contributed by atoms with Crippen LogP contribution in [0.25, 0.3) is 0 Å². The molecule has 18 heavy (non-hydrogen) atoms. The maximum Gasteiger partial charge on any atom is 0.304 e. The SMILES string of the molecule is CC(C)(F)Cc1ccccc1C1(CC(=O)O)CC1. The molecule has 3 heteroatoms. The molecule has 2 nitrogen and oxygen atoms in total. The van der Waals surface area contributed by atoms with Crippen LogP contribution in [-0.2, 0) is 16.6 Å². The molecule has 0 heterocycles. The van der Waals surface area contributed by atoms with E-state index in [1.807, 2.05) is 24.3 Å². The first-order valence-corrected chi connectivity index (χ1v) is 6.32. The van der Waals surface area contributed by atoms with E-state index in [4.69, 9.17) is 5.11 Å². The van der Waals surface area contributed by atoms with Gasteiger partial charge in [0.25, 0.3) is 0 Å². The number of benzene rings is 1. The fourth-order valence-electron chi connectivity index (χ4n) is 2.63. The van der Waals surface area contributed by atoms with Gasteiger partial charge in [0.2, 0.25) is 0 Å². The van der Waals surface area contributed by atoms with Crippen LogP contribution < -0.4 is 0 Å². The van der Waals surface area contributed by atoms with Crippen molar-refractivity contribution in [3.05, 3.63) is 35.4 Å². The monoisotopic (exact) mass is 250 g/mol. The number of aliphatic carboxylic acids is 1. The Bertz CT molecular complexity index is 456. The van der Waals surface area contributed by atoms with Gasteiger partial charge in [-0.1, -0.05) is 24.3 Å². The molecule has 1 saturated carbocycles. The summed E-state index contributed by atoms with van der Waals surface area (Å²) in [5.41, 5.74) is 0.463. The molecule has 0 aromatic heterocycles. The summed E-state index contributed by atoms with van der Waals surface area (Å²) < 4.78 is 13.8. The molecule has 0 radical (unpaired) electrons. The molecule has 0 aliphatic heterocycles. The van der Waals surface area contributed by atoms with E-state index in [0.717, 1.165) is 24.0 Å². The van der Waals surface area contributed by atoms with Crippen LogP contribution in [0.3, 0.4) is 0 Å². The van der Waals surface area contributed by atoms with Gasteiger partial charge in [0.05, 0.1) is 6.42 Å². The number of hydrogen-bond donors (Lipinski definition) is 1. The lowest BCUT2D eigenvalue weighted by molar-refractivity contribution is -0.137. The molecule has 1 fully saturated rings. The number of rotatable bonds is 5. The molecule has 2 rings (SSSR count). The Morgan fingerprint density at radius 1 is 1.39 bits per heavy atom. The molecule has 0 saturated heterocycles. The Morgan fingerprint density at radius 3 is 2.50 bits per heavy atom. The minimum atomic E-state index is -1.27. The van der Waals surface area contributed by atoms with E-state index in [1.54, 1.807) is 13.8 Å². The predicted octanol–water partition coefficient (Wildman–Crippen LogP) is 3.48. The Kier molecular flexibility index (Phi) is 3.18. The van der Waals surface area contributed by atoms with Crippen LogP contribution in [0.4, 0.5) is 4.39 Å². The number of carboxylic acid groups (broad SMARTS) is 1. The number of carbonyl (C=O) groups is 1. The van der Waals surface area contributed by atoms with Crippen molar-refractivity contribution >= 4 is 5.97 Å². The fourth-order valence-corrected chi connectivity index (χ4v) is 2.63. The van der Waals surface area contributed by atoms with Crippen molar-refractivity contribution in [2.45, 2.75) is 50.6 Å². The molecule has 0 amide bonds. The number of hydrogen-bond acceptors (Lipinski definition) is 1. The molecule has 1 N–H and O–H groups in total. The van der Waals surface area contributed by atoms with E-state index in [2.05, 4.69) is 0 Å². The first kappa shape index (κ1) is 13.1. The number of halogens is 1. The lowest BCUT2D eigenvalue weighted by atomic mass is 9.85. The van der Waals surface area contributed by atoms with Crippen molar-refractivity contribution < 1.29 is 14.3 Å². The zero-order valence-electron chi connectivity index (χ0n) is 10.9. The minimum absolute atomic E-state index is 0.150. The summed E-state index contributed by atoms with van der Waals surface area (Å²) in [7, 11) is 0. The Balaban J connectivity index is 2.31. The van der Waals surface area contributed by atoms with Gasteiger partial charge in [-0.05, 0) is 37.8 Å². The maximum absolute atomic E-state index is 13.8. The fraction of sp³-hybridized carbons (Fsp3) is 0.533. The first-order chi connectivity index (χ1) is 8.32. The van der Waals surface area contributed by atoms with E-state index in [0.29, 0.717) is 6.42 Å². The van der Waals surface area contributed by atoms with Crippen LogP contribution in [0.5, 0.6) is 0 Å². The van der Waals surface area contributed by atoms with Crippen LogP contribution >= 0.6 is 0 Å². The predicted molar refractivity (Wildman–Crippen MR) is 68.5 cm³/mol. The van der Waals surface area contributed by atoms with Crippen molar-refractivity contribution in [1.29, 1.82) is 0 Å². The Morgan fingerprint density at radius 2 is 2.00 bits per heavy atom. The van der Waals surface area contributed by atoms with Gasteiger partial charge in [0.15, 0.2) is 0 Å². The molecular formula is C15H19FO2. The van der Waals surface area contributed by atoms with Gasteiger partial charge in [0, 0.05) is 11.8 Å². The third kappa shape index (κ3) is 2.89. The molecule has 98 valence electrons. The molecule has 0 atom stereocenters. The molecule has 1 aliphatic carbocycles. The van der Waals surface area contributed by atoms with E-state index >= 15 is 0 Å². The zero-order chi connectivity index (χ0) is 13.4. The van der Waals surface area contributed by atoms with E-state index < -0.39 is 11.6 Å². The normalized spacial score (nSPS) is 17.5. The van der Waals surface area contributed by atoms with Crippen LogP contribution in [-0.4, -0.2) is 16.7 Å². The molecule has 0 unspecified atom stereocenters. The van der Waals surface area contributed by atoms with Gasteiger partial charge in [-0.15, -0.1) is 0 Å². The highest BCUT2D eigenvalue weighted by molar-refractivity contribution is 5.70. The van der Waals surface area contributed by atoms with Gasteiger partial charge in [-0.25, -0.2) is 4.39 Å². The van der Waals surface area contributed by atoms with Crippen LogP contribution in [0.1, 0.15) is 44.2 Å². The third-order valence-corrected chi connectivity index (χ3v) is 3.54. The van der Waals surface area contributed by atoms with Crippen molar-refractivity contribution in [3.63, 3.8) is 0 Å². The summed E-state index contributed by atoms with van der Waals surface area (Å²) in [5.74, 6) is -0.776. The Hall–Kier alpha value is -1.38. The second kappa shape index (κ2) is 4.38. The van der Waals surface area contributed by atoms with Gasteiger partial charge in [-0.3, -0.25) is 4.79 Å². The summed E-state index contributed by atoms with van der Waals surface area (Å²) in [5, 5.41) is 9.00. The van der Waals surface area contributed by atoms with E-state index in [9.17, 15) is 9.18 Å². The summed E-state index contributed by atoms with van der Waals surface area (Å²) in [6.45, 7) is 3.11. The highest BCUT2D eigenvalue weighted by Crippen LogP contribution is 2.52. The van der Waals surface area contributed by atoms with Crippen LogP contribution in [0, 0.1) is 0 Å². The number of alkyl halides is 1. The topological polar surface area (TPSA) is 37.3 Å². The van der Waals surface area contributed by atoms with Gasteiger partial charge in [0.1, 0.15) is 5.67 Å². The molecule has 0 bridgehead atoms. The van der Waals surface area contributed by atoms with Crippen LogP contribution in [0.15, 0.2) is 24.3 Å². The standard InChI is InChI=1S/C15H19FO2/c1-14(2,16)9-11-5-3-4-6-12(11)15(7-8-15)10-13(17)18/h3-6H,7-10H2,1-2H3,(H,17,18). The van der Waals surface area contributed by atoms with E-state index in [1.165, 1.54) is 0 Å². The second-order valence-electron chi connectivity index (χ2n) is 5.90. The van der Waals surface area contributed by atoms with E-state index in [-0.39, 0.29) is 11.8 Å². The smallest absolute Gasteiger partial charge is 0.304 e. The summed E-state index contributed by atoms with van der Waals surface area (Å²) in [4.78, 5) is 11.0. The quantitative estimate of drug-likeness (QED) is 0.868. The van der Waals surface area contributed by atoms with Gasteiger partial charge >= 0.3 is 5.97 Å². The third-order valence-electron chi connectivity index (χ3n) is 3.54. The molecular weight excluding hydrogens is 231 g/mol. The Labute approximate surface area is 107 Å². The molecule has 1 aliphatic rings. The minimum Gasteiger partial charge on any atom is -0.481 e. The lowest BCUT2D eigenvalue weighted by Gasteiger charge is -2.21. The highest BCUT2D eigenvalue weighted by atomic mass is 19.1. The van der Waals surface area contributed by atoms with Crippen LogP contribution in [0.2, 0.25) is 0 Å². The molecule has 0 spiro atoms. The van der Waals surface area contributed by atoms with Gasteiger partial charge < -0.3 is 5.11 Å². The first-order valence-electron chi connectivity index (χ1n) is 6.32. The number of carboxylic acids is 1. The highest BCUT2D eigenvalue weighted by Gasteiger charge is 2.47. The summed E-state index contributed by atoms with van der Waals surface area (Å²) in [6.07, 6.45) is 2.27. The summed E-state index contributed by atoms with van der Waals surface area (Å²) in [6, 6.07) is 7.67. The molecule has 1 aromatic carbocycles. The zero-order valence-corrected chi connectivity index (χ0v) is 10.9. The largest absolute Gasteiger partial charge is 0.481 e. The van der Waals surface area contributed by atoms with Crippen molar-refractivity contribution in [3.8, 4) is 0 Å². The second-order valence-corrected chi connectivity index (χ2v) is 5.90. The summed E-state index contributed by atoms with van der Waals surface area (Å²) >= 11 is 0.